The molecule has 0 amide bonds. The quantitative estimate of drug-likeness (QED) is 0.841. The van der Waals surface area contributed by atoms with E-state index in [4.69, 9.17) is 5.14 Å². The molecule has 9 heteroatoms. The number of rotatable bonds is 3. The summed E-state index contributed by atoms with van der Waals surface area (Å²) < 4.78 is 58.9. The molecule has 6 nitrogen and oxygen atoms in total. The van der Waals surface area contributed by atoms with Gasteiger partial charge in [-0.3, -0.25) is 0 Å². The molecule has 0 bridgehead atoms. The average molecular weight is 322 g/mol. The lowest BCUT2D eigenvalue weighted by molar-refractivity contribution is 0.559. The van der Waals surface area contributed by atoms with Crippen molar-refractivity contribution in [2.45, 2.75) is 23.8 Å². The summed E-state index contributed by atoms with van der Waals surface area (Å²) in [5.74, 6) is -0.680. The predicted octanol–water partition coefficient (Wildman–Crippen LogP) is 0.462. The largest absolute Gasteiger partial charge is 0.379 e. The Hall–Kier alpha value is -1.19. The van der Waals surface area contributed by atoms with Crippen molar-refractivity contribution >= 4 is 25.5 Å². The lowest BCUT2D eigenvalue weighted by Gasteiger charge is -2.24. The number of sulfone groups is 1. The molecule has 0 aliphatic carbocycles. The fourth-order valence-electron chi connectivity index (χ4n) is 2.15. The first-order chi connectivity index (χ1) is 9.17. The maximum Gasteiger partial charge on any atom is 0.238 e. The first kappa shape index (κ1) is 15.2. The summed E-state index contributed by atoms with van der Waals surface area (Å²) in [5, 5.41) is 7.69. The monoisotopic (exact) mass is 322 g/mol. The maximum atomic E-state index is 13.8. The number of hydrogen-bond donors (Lipinski definition) is 2. The molecular weight excluding hydrogens is 307 g/mol. The number of anilines is 1. The maximum absolute atomic E-state index is 13.8. The van der Waals surface area contributed by atoms with Crippen molar-refractivity contribution in [1.29, 1.82) is 0 Å². The van der Waals surface area contributed by atoms with E-state index in [1.165, 1.54) is 12.1 Å². The highest BCUT2D eigenvalue weighted by atomic mass is 32.2. The van der Waals surface area contributed by atoms with Crippen LogP contribution < -0.4 is 10.5 Å². The second-order valence-electron chi connectivity index (χ2n) is 4.78. The smallest absolute Gasteiger partial charge is 0.238 e. The SMILES string of the molecule is NS(=O)(=O)c1ccc(NC2CCCS(=O)(=O)C2)c(F)c1. The second-order valence-corrected chi connectivity index (χ2v) is 8.57. The fourth-order valence-corrected chi connectivity index (χ4v) is 4.31. The van der Waals surface area contributed by atoms with Gasteiger partial charge >= 0.3 is 0 Å². The van der Waals surface area contributed by atoms with Crippen molar-refractivity contribution in [1.82, 2.24) is 0 Å². The Balaban J connectivity index is 2.18. The Kier molecular flexibility index (Phi) is 4.03. The summed E-state index contributed by atoms with van der Waals surface area (Å²) >= 11 is 0. The zero-order chi connectivity index (χ0) is 15.0. The highest BCUT2D eigenvalue weighted by molar-refractivity contribution is 7.91. The van der Waals surface area contributed by atoms with E-state index in [1.54, 1.807) is 0 Å². The predicted molar refractivity (Wildman–Crippen MR) is 73.1 cm³/mol. The molecule has 1 aliphatic rings. The minimum absolute atomic E-state index is 0.0522. The summed E-state index contributed by atoms with van der Waals surface area (Å²) in [4.78, 5) is -0.322. The Labute approximate surface area is 117 Å². The first-order valence-electron chi connectivity index (χ1n) is 5.97. The van der Waals surface area contributed by atoms with E-state index < -0.39 is 25.7 Å². The molecule has 1 atom stereocenters. The van der Waals surface area contributed by atoms with Crippen molar-refractivity contribution in [2.24, 2.45) is 5.14 Å². The minimum Gasteiger partial charge on any atom is -0.379 e. The van der Waals surface area contributed by atoms with E-state index in [2.05, 4.69) is 5.32 Å². The first-order valence-corrected chi connectivity index (χ1v) is 9.33. The standard InChI is InChI=1S/C11H15FN2O4S2/c12-10-6-9(20(13,17)18)3-4-11(10)14-8-2-1-5-19(15,16)7-8/h3-4,6,8,14H,1-2,5,7H2,(H2,13,17,18). The second kappa shape index (κ2) is 5.30. The zero-order valence-corrected chi connectivity index (χ0v) is 12.2. The van der Waals surface area contributed by atoms with Gasteiger partial charge < -0.3 is 5.32 Å². The molecule has 2 rings (SSSR count). The van der Waals surface area contributed by atoms with Gasteiger partial charge in [0.05, 0.1) is 22.1 Å². The van der Waals surface area contributed by atoms with Crippen molar-refractivity contribution in [3.63, 3.8) is 0 Å². The Morgan fingerprint density at radius 2 is 2.05 bits per heavy atom. The zero-order valence-electron chi connectivity index (χ0n) is 10.5. The highest BCUT2D eigenvalue weighted by Gasteiger charge is 2.25. The molecule has 0 saturated carbocycles. The Morgan fingerprint density at radius 1 is 1.35 bits per heavy atom. The van der Waals surface area contributed by atoms with Gasteiger partial charge in [0.1, 0.15) is 5.82 Å². The van der Waals surface area contributed by atoms with Gasteiger partial charge in [0.15, 0.2) is 9.84 Å². The van der Waals surface area contributed by atoms with E-state index in [0.29, 0.717) is 12.8 Å². The van der Waals surface area contributed by atoms with Gasteiger partial charge in [-0.1, -0.05) is 0 Å². The lowest BCUT2D eigenvalue weighted by Crippen LogP contribution is -2.35. The van der Waals surface area contributed by atoms with Crippen LogP contribution in [0.3, 0.4) is 0 Å². The highest BCUT2D eigenvalue weighted by Crippen LogP contribution is 2.22. The van der Waals surface area contributed by atoms with Crippen LogP contribution in [0.15, 0.2) is 23.1 Å². The third-order valence-corrected chi connectivity index (χ3v) is 5.82. The normalized spacial score (nSPS) is 22.4. The molecule has 1 aromatic carbocycles. The van der Waals surface area contributed by atoms with Gasteiger partial charge in [0, 0.05) is 6.04 Å². The average Bonchev–Trinajstić information content (AvgIpc) is 2.29. The van der Waals surface area contributed by atoms with E-state index >= 15 is 0 Å². The molecule has 1 saturated heterocycles. The van der Waals surface area contributed by atoms with Crippen molar-refractivity contribution in [3.8, 4) is 0 Å². The number of nitrogens with two attached hydrogens (primary N) is 1. The van der Waals surface area contributed by atoms with Gasteiger partial charge in [-0.05, 0) is 31.0 Å². The molecule has 0 spiro atoms. The summed E-state index contributed by atoms with van der Waals surface area (Å²) in [6.07, 6.45) is 1.15. The molecule has 1 unspecified atom stereocenters. The molecule has 3 N–H and O–H groups in total. The van der Waals surface area contributed by atoms with Gasteiger partial charge in [-0.25, -0.2) is 26.4 Å². The Bertz CT molecular complexity index is 716. The van der Waals surface area contributed by atoms with Crippen LogP contribution in [0.4, 0.5) is 10.1 Å². The summed E-state index contributed by atoms with van der Waals surface area (Å²) in [6, 6.07) is 2.87. The van der Waals surface area contributed by atoms with Gasteiger partial charge in [0.25, 0.3) is 0 Å². The Morgan fingerprint density at radius 3 is 2.60 bits per heavy atom. The van der Waals surface area contributed by atoms with Gasteiger partial charge in [0.2, 0.25) is 10.0 Å². The van der Waals surface area contributed by atoms with Crippen molar-refractivity contribution in [2.75, 3.05) is 16.8 Å². The molecule has 1 aliphatic heterocycles. The molecule has 112 valence electrons. The van der Waals surface area contributed by atoms with E-state index in [-0.39, 0.29) is 28.1 Å². The topological polar surface area (TPSA) is 106 Å². The fraction of sp³-hybridized carbons (Fsp3) is 0.455. The summed E-state index contributed by atoms with van der Waals surface area (Å²) in [7, 11) is -7.05. The van der Waals surface area contributed by atoms with E-state index in [1.807, 2.05) is 0 Å². The lowest BCUT2D eigenvalue weighted by atomic mass is 10.1. The van der Waals surface area contributed by atoms with Crippen LogP contribution in [-0.2, 0) is 19.9 Å². The van der Waals surface area contributed by atoms with Crippen molar-refractivity contribution < 1.29 is 21.2 Å². The molecule has 1 heterocycles. The van der Waals surface area contributed by atoms with Crippen LogP contribution in [0.2, 0.25) is 0 Å². The molecule has 1 aromatic rings. The van der Waals surface area contributed by atoms with Crippen LogP contribution in [-0.4, -0.2) is 34.4 Å². The number of nitrogens with one attached hydrogen (secondary N) is 1. The van der Waals surface area contributed by atoms with Crippen LogP contribution in [0.1, 0.15) is 12.8 Å². The number of hydrogen-bond acceptors (Lipinski definition) is 5. The van der Waals surface area contributed by atoms with Crippen LogP contribution >= 0.6 is 0 Å². The van der Waals surface area contributed by atoms with Crippen molar-refractivity contribution in [3.05, 3.63) is 24.0 Å². The third kappa shape index (κ3) is 3.68. The third-order valence-electron chi connectivity index (χ3n) is 3.09. The number of primary sulfonamides is 1. The van der Waals surface area contributed by atoms with E-state index in [9.17, 15) is 21.2 Å². The molecule has 20 heavy (non-hydrogen) atoms. The molecule has 0 aromatic heterocycles. The summed E-state index contributed by atoms with van der Waals surface area (Å²) in [6.45, 7) is 0. The number of sulfonamides is 1. The number of halogens is 1. The van der Waals surface area contributed by atoms with Crippen LogP contribution in [0, 0.1) is 5.82 Å². The number of benzene rings is 1. The summed E-state index contributed by atoms with van der Waals surface area (Å²) in [5.41, 5.74) is 0.0690. The minimum atomic E-state index is -3.96. The van der Waals surface area contributed by atoms with E-state index in [0.717, 1.165) is 6.07 Å². The van der Waals surface area contributed by atoms with Gasteiger partial charge in [-0.15, -0.1) is 0 Å². The van der Waals surface area contributed by atoms with Crippen LogP contribution in [0.25, 0.3) is 0 Å². The molecule has 0 radical (unpaired) electrons. The van der Waals surface area contributed by atoms with Crippen LogP contribution in [0.5, 0.6) is 0 Å². The van der Waals surface area contributed by atoms with Gasteiger partial charge in [-0.2, -0.15) is 0 Å². The molecular formula is C11H15FN2O4S2. The molecule has 1 fully saturated rings.